The van der Waals surface area contributed by atoms with Gasteiger partial charge in [0.1, 0.15) is 6.10 Å². The number of carbonyl (C=O) groups is 1. The summed E-state index contributed by atoms with van der Waals surface area (Å²) >= 11 is 0. The van der Waals surface area contributed by atoms with E-state index in [1.165, 1.54) is 4.90 Å². The average molecular weight is 605 g/mol. The summed E-state index contributed by atoms with van der Waals surface area (Å²) in [6.07, 6.45) is -14.3. The molecule has 0 saturated carbocycles. The van der Waals surface area contributed by atoms with Crippen LogP contribution in [0.1, 0.15) is 13.3 Å². The lowest BCUT2D eigenvalue weighted by molar-refractivity contribution is -0.412. The van der Waals surface area contributed by atoms with Crippen molar-refractivity contribution in [2.75, 3.05) is 32.8 Å². The van der Waals surface area contributed by atoms with Crippen molar-refractivity contribution in [1.29, 1.82) is 0 Å². The summed E-state index contributed by atoms with van der Waals surface area (Å²) in [7, 11) is 0. The number of carbonyl (C=O) groups excluding carboxylic acids is 1. The maximum atomic E-state index is 13.9. The van der Waals surface area contributed by atoms with Gasteiger partial charge in [-0.3, -0.25) is 4.90 Å². The van der Waals surface area contributed by atoms with E-state index in [1.807, 2.05) is 0 Å². The molecule has 0 aromatic heterocycles. The molecular formula is C17H16F17NO3. The Morgan fingerprint density at radius 2 is 1.11 bits per heavy atom. The van der Waals surface area contributed by atoms with Crippen LogP contribution in [0.3, 0.4) is 0 Å². The molecule has 0 radical (unpaired) electrons. The van der Waals surface area contributed by atoms with Crippen LogP contribution in [0.4, 0.5) is 74.6 Å². The first-order valence-electron chi connectivity index (χ1n) is 9.83. The van der Waals surface area contributed by atoms with E-state index in [4.69, 9.17) is 4.74 Å². The van der Waals surface area contributed by atoms with Crippen molar-refractivity contribution in [2.45, 2.75) is 67.1 Å². The monoisotopic (exact) mass is 605 g/mol. The van der Waals surface area contributed by atoms with Crippen LogP contribution < -0.4 is 0 Å². The van der Waals surface area contributed by atoms with Gasteiger partial charge in [0.25, 0.3) is 0 Å². The van der Waals surface area contributed by atoms with Crippen LogP contribution in [0.25, 0.3) is 0 Å². The second-order valence-corrected chi connectivity index (χ2v) is 8.08. The van der Waals surface area contributed by atoms with Crippen LogP contribution >= 0.6 is 0 Å². The van der Waals surface area contributed by atoms with Crippen LogP contribution in [0, 0.1) is 0 Å². The van der Waals surface area contributed by atoms with E-state index in [-0.39, 0.29) is 26.3 Å². The molecule has 1 unspecified atom stereocenters. The second kappa shape index (κ2) is 10.3. The SMILES string of the molecule is CC(CN1CCOCC1)OC(=O)C(F)(F)C(F)(F)C(F)(F)C(F)(F)CC(F)(F)C(F)(F)C(F)(F)C(F)(F)F. The number of nitrogens with zero attached hydrogens (tertiary/aromatic N) is 1. The van der Waals surface area contributed by atoms with Gasteiger partial charge in [0.05, 0.1) is 19.6 Å². The van der Waals surface area contributed by atoms with Gasteiger partial charge in [0, 0.05) is 19.6 Å². The summed E-state index contributed by atoms with van der Waals surface area (Å²) in [5.74, 6) is -57.1. The first kappa shape index (κ1) is 34.2. The largest absolute Gasteiger partial charge is 0.460 e. The minimum absolute atomic E-state index is 0.0782. The topological polar surface area (TPSA) is 38.8 Å². The molecule has 0 N–H and O–H groups in total. The molecule has 226 valence electrons. The Morgan fingerprint density at radius 3 is 1.50 bits per heavy atom. The fourth-order valence-electron chi connectivity index (χ4n) is 2.90. The Kier molecular flexibility index (Phi) is 9.28. The summed E-state index contributed by atoms with van der Waals surface area (Å²) in [5.41, 5.74) is 0. The van der Waals surface area contributed by atoms with Gasteiger partial charge < -0.3 is 9.47 Å². The van der Waals surface area contributed by atoms with Crippen LogP contribution in [-0.4, -0.2) is 97.5 Å². The molecule has 1 aliphatic rings. The number of rotatable bonds is 11. The van der Waals surface area contributed by atoms with Gasteiger partial charge in [-0.25, -0.2) is 4.79 Å². The lowest BCUT2D eigenvalue weighted by Gasteiger charge is -2.39. The summed E-state index contributed by atoms with van der Waals surface area (Å²) < 4.78 is 234. The Bertz CT molecular complexity index is 836. The van der Waals surface area contributed by atoms with Crippen LogP contribution in [0.15, 0.2) is 0 Å². The molecule has 0 aromatic carbocycles. The van der Waals surface area contributed by atoms with E-state index in [0.717, 1.165) is 6.92 Å². The number of alkyl halides is 17. The van der Waals surface area contributed by atoms with E-state index in [0.29, 0.717) is 0 Å². The predicted molar refractivity (Wildman–Crippen MR) is 88.1 cm³/mol. The summed E-state index contributed by atoms with van der Waals surface area (Å²) in [4.78, 5) is 12.8. The maximum absolute atomic E-state index is 13.9. The highest BCUT2D eigenvalue weighted by Crippen LogP contribution is 2.60. The maximum Gasteiger partial charge on any atom is 0.460 e. The number of esters is 1. The zero-order valence-corrected chi connectivity index (χ0v) is 18.4. The lowest BCUT2D eigenvalue weighted by atomic mass is 9.90. The third kappa shape index (κ3) is 5.86. The molecule has 1 saturated heterocycles. The van der Waals surface area contributed by atoms with Gasteiger partial charge in [-0.1, -0.05) is 0 Å². The highest BCUT2D eigenvalue weighted by molar-refractivity contribution is 5.79. The van der Waals surface area contributed by atoms with Gasteiger partial charge >= 0.3 is 53.6 Å². The van der Waals surface area contributed by atoms with Crippen LogP contribution in [0.2, 0.25) is 0 Å². The van der Waals surface area contributed by atoms with Gasteiger partial charge in [-0.2, -0.15) is 74.6 Å². The first-order chi connectivity index (χ1) is 16.6. The summed E-state index contributed by atoms with van der Waals surface area (Å²) in [5, 5.41) is 0. The Morgan fingerprint density at radius 1 is 0.711 bits per heavy atom. The predicted octanol–water partition coefficient (Wildman–Crippen LogP) is 5.65. The number of hydrogen-bond acceptors (Lipinski definition) is 4. The van der Waals surface area contributed by atoms with Crippen molar-refractivity contribution in [2.24, 2.45) is 0 Å². The molecule has 1 rings (SSSR count). The van der Waals surface area contributed by atoms with Crippen LogP contribution in [0.5, 0.6) is 0 Å². The number of halogens is 17. The molecule has 21 heteroatoms. The Balaban J connectivity index is 3.23. The second-order valence-electron chi connectivity index (χ2n) is 8.08. The number of hydrogen-bond donors (Lipinski definition) is 0. The summed E-state index contributed by atoms with van der Waals surface area (Å²) in [6, 6.07) is 0. The highest BCUT2D eigenvalue weighted by Gasteiger charge is 2.87. The zero-order chi connectivity index (χ0) is 30.4. The molecule has 1 atom stereocenters. The van der Waals surface area contributed by atoms with Crippen molar-refractivity contribution in [3.05, 3.63) is 0 Å². The zero-order valence-electron chi connectivity index (χ0n) is 18.4. The number of morpholine rings is 1. The Labute approximate surface area is 201 Å². The fraction of sp³-hybridized carbons (Fsp3) is 0.941. The Hall–Kier alpha value is -1.80. The van der Waals surface area contributed by atoms with Crippen molar-refractivity contribution in [1.82, 2.24) is 4.90 Å². The molecular weight excluding hydrogens is 589 g/mol. The summed E-state index contributed by atoms with van der Waals surface area (Å²) in [6.45, 7) is 0.593. The van der Waals surface area contributed by atoms with E-state index < -0.39 is 72.7 Å². The van der Waals surface area contributed by atoms with E-state index >= 15 is 0 Å². The molecule has 1 heterocycles. The fourth-order valence-corrected chi connectivity index (χ4v) is 2.90. The molecule has 0 spiro atoms. The van der Waals surface area contributed by atoms with Gasteiger partial charge in [0.2, 0.25) is 0 Å². The van der Waals surface area contributed by atoms with E-state index in [2.05, 4.69) is 4.74 Å². The normalized spacial score (nSPS) is 18.9. The molecule has 0 amide bonds. The van der Waals surface area contributed by atoms with Crippen molar-refractivity contribution in [3.63, 3.8) is 0 Å². The van der Waals surface area contributed by atoms with Crippen molar-refractivity contribution < 1.29 is 88.9 Å². The van der Waals surface area contributed by atoms with Crippen molar-refractivity contribution in [3.8, 4) is 0 Å². The molecule has 1 fully saturated rings. The minimum atomic E-state index is -7.95. The molecule has 1 aliphatic heterocycles. The number of ether oxygens (including phenoxy) is 2. The smallest absolute Gasteiger partial charge is 0.457 e. The third-order valence-corrected chi connectivity index (χ3v) is 5.09. The minimum Gasteiger partial charge on any atom is -0.457 e. The van der Waals surface area contributed by atoms with Gasteiger partial charge in [-0.05, 0) is 6.92 Å². The molecule has 4 nitrogen and oxygen atoms in total. The molecule has 0 bridgehead atoms. The molecule has 38 heavy (non-hydrogen) atoms. The van der Waals surface area contributed by atoms with E-state index in [1.54, 1.807) is 0 Å². The van der Waals surface area contributed by atoms with Crippen LogP contribution in [-0.2, 0) is 14.3 Å². The standard InChI is InChI=1S/C17H16F17NO3/c1-8(6-35-2-4-37-5-3-35)38-9(36)12(22,23)15(28,29)13(24,25)10(18,19)7-11(20,21)14(26,27)16(30,31)17(32,33)34/h8H,2-7H2,1H3. The van der Waals surface area contributed by atoms with Gasteiger partial charge in [-0.15, -0.1) is 0 Å². The lowest BCUT2D eigenvalue weighted by Crippen LogP contribution is -2.68. The average Bonchev–Trinajstić information content (AvgIpc) is 2.72. The van der Waals surface area contributed by atoms with Crippen molar-refractivity contribution >= 4 is 5.97 Å². The highest BCUT2D eigenvalue weighted by atomic mass is 19.4. The first-order valence-corrected chi connectivity index (χ1v) is 9.83. The third-order valence-electron chi connectivity index (χ3n) is 5.09. The molecule has 0 aliphatic carbocycles. The quantitative estimate of drug-likeness (QED) is 0.226. The van der Waals surface area contributed by atoms with E-state index in [9.17, 15) is 79.4 Å². The van der Waals surface area contributed by atoms with Gasteiger partial charge in [0.15, 0.2) is 0 Å². The molecule has 0 aromatic rings.